The lowest BCUT2D eigenvalue weighted by Crippen LogP contribution is -2.13. The molecule has 24 heavy (non-hydrogen) atoms. The van der Waals surface area contributed by atoms with E-state index in [0.29, 0.717) is 0 Å². The maximum Gasteiger partial charge on any atom is 0.157 e. The van der Waals surface area contributed by atoms with Crippen LogP contribution in [0.2, 0.25) is 0 Å². The fourth-order valence-electron chi connectivity index (χ4n) is 2.91. The second-order valence-electron chi connectivity index (χ2n) is 5.76. The molecule has 0 spiro atoms. The van der Waals surface area contributed by atoms with Gasteiger partial charge in [-0.25, -0.2) is 9.67 Å². The smallest absolute Gasteiger partial charge is 0.157 e. The van der Waals surface area contributed by atoms with E-state index in [9.17, 15) is 0 Å². The number of benzene rings is 1. The van der Waals surface area contributed by atoms with Gasteiger partial charge in [0.05, 0.1) is 17.9 Å². The molecule has 1 aromatic carbocycles. The fourth-order valence-corrected chi connectivity index (χ4v) is 2.91. The summed E-state index contributed by atoms with van der Waals surface area (Å²) in [6.07, 6.45) is 5.50. The van der Waals surface area contributed by atoms with Gasteiger partial charge in [0.2, 0.25) is 0 Å². The summed E-state index contributed by atoms with van der Waals surface area (Å²) in [7, 11) is 0. The molecule has 0 saturated heterocycles. The Bertz CT molecular complexity index is 970. The SMILES string of the molecule is Cc1cc(N[C@H](C)c2ccccc2-n2cccn2)n2nccc2n1. The van der Waals surface area contributed by atoms with Gasteiger partial charge < -0.3 is 5.32 Å². The molecule has 0 unspecified atom stereocenters. The van der Waals surface area contributed by atoms with E-state index in [4.69, 9.17) is 0 Å². The van der Waals surface area contributed by atoms with E-state index in [-0.39, 0.29) is 6.04 Å². The summed E-state index contributed by atoms with van der Waals surface area (Å²) in [5.74, 6) is 0.922. The largest absolute Gasteiger partial charge is 0.363 e. The van der Waals surface area contributed by atoms with Crippen LogP contribution in [-0.2, 0) is 0 Å². The summed E-state index contributed by atoms with van der Waals surface area (Å²) in [6.45, 7) is 4.12. The van der Waals surface area contributed by atoms with Crippen molar-refractivity contribution in [2.75, 3.05) is 5.32 Å². The van der Waals surface area contributed by atoms with Crippen molar-refractivity contribution in [3.8, 4) is 5.69 Å². The Hall–Kier alpha value is -3.15. The lowest BCUT2D eigenvalue weighted by atomic mass is 10.1. The number of nitrogens with zero attached hydrogens (tertiary/aromatic N) is 5. The quantitative estimate of drug-likeness (QED) is 0.626. The molecule has 0 saturated carbocycles. The van der Waals surface area contributed by atoms with E-state index in [1.807, 2.05) is 52.6 Å². The van der Waals surface area contributed by atoms with Gasteiger partial charge in [0.1, 0.15) is 5.82 Å². The Labute approximate surface area is 139 Å². The van der Waals surface area contributed by atoms with E-state index >= 15 is 0 Å². The number of nitrogens with one attached hydrogen (secondary N) is 1. The number of hydrogen-bond acceptors (Lipinski definition) is 4. The number of hydrogen-bond donors (Lipinski definition) is 1. The van der Waals surface area contributed by atoms with Gasteiger partial charge in [-0.3, -0.25) is 0 Å². The van der Waals surface area contributed by atoms with Crippen LogP contribution in [0.1, 0.15) is 24.2 Å². The molecular formula is C18H18N6. The monoisotopic (exact) mass is 318 g/mol. The first-order valence-electron chi connectivity index (χ1n) is 7.89. The maximum absolute atomic E-state index is 4.48. The molecule has 0 fully saturated rings. The predicted molar refractivity (Wildman–Crippen MR) is 93.3 cm³/mol. The van der Waals surface area contributed by atoms with Crippen LogP contribution < -0.4 is 5.32 Å². The standard InChI is InChI=1S/C18H18N6/c1-13-12-18(24-17(21-13)8-10-20-24)22-14(2)15-6-3-4-7-16(15)23-11-5-9-19-23/h3-12,14,22H,1-2H3/t14-/m1/s1. The Morgan fingerprint density at radius 2 is 1.92 bits per heavy atom. The maximum atomic E-state index is 4.48. The topological polar surface area (TPSA) is 60.0 Å². The third-order valence-electron chi connectivity index (χ3n) is 4.01. The molecule has 0 aliphatic carbocycles. The highest BCUT2D eigenvalue weighted by Crippen LogP contribution is 2.25. The molecule has 1 N–H and O–H groups in total. The van der Waals surface area contributed by atoms with Crippen molar-refractivity contribution in [2.45, 2.75) is 19.9 Å². The summed E-state index contributed by atoms with van der Waals surface area (Å²) in [5.41, 5.74) is 4.02. The predicted octanol–water partition coefficient (Wildman–Crippen LogP) is 3.40. The molecule has 3 aromatic heterocycles. The van der Waals surface area contributed by atoms with Crippen LogP contribution >= 0.6 is 0 Å². The highest BCUT2D eigenvalue weighted by atomic mass is 15.3. The third kappa shape index (κ3) is 2.52. The van der Waals surface area contributed by atoms with Gasteiger partial charge in [0.25, 0.3) is 0 Å². The van der Waals surface area contributed by atoms with E-state index in [2.05, 4.69) is 39.6 Å². The lowest BCUT2D eigenvalue weighted by molar-refractivity contribution is 0.801. The van der Waals surface area contributed by atoms with Crippen LogP contribution in [0.3, 0.4) is 0 Å². The Morgan fingerprint density at radius 3 is 2.75 bits per heavy atom. The molecule has 0 aliphatic rings. The first kappa shape index (κ1) is 14.4. The third-order valence-corrected chi connectivity index (χ3v) is 4.01. The average Bonchev–Trinajstić information content (AvgIpc) is 3.26. The number of rotatable bonds is 4. The Kier molecular flexibility index (Phi) is 3.49. The molecule has 0 aliphatic heterocycles. The molecular weight excluding hydrogens is 300 g/mol. The highest BCUT2D eigenvalue weighted by Gasteiger charge is 2.14. The first-order valence-corrected chi connectivity index (χ1v) is 7.89. The average molecular weight is 318 g/mol. The summed E-state index contributed by atoms with van der Waals surface area (Å²) in [6, 6.07) is 14.2. The molecule has 6 heteroatoms. The van der Waals surface area contributed by atoms with Crippen LogP contribution in [0.5, 0.6) is 0 Å². The molecule has 4 rings (SSSR count). The summed E-state index contributed by atoms with van der Waals surface area (Å²) in [4.78, 5) is 4.48. The van der Waals surface area contributed by atoms with Crippen LogP contribution in [0.4, 0.5) is 5.82 Å². The van der Waals surface area contributed by atoms with Crippen molar-refractivity contribution < 1.29 is 0 Å². The number of aryl methyl sites for hydroxylation is 1. The van der Waals surface area contributed by atoms with Crippen LogP contribution in [0.15, 0.2) is 61.1 Å². The highest BCUT2D eigenvalue weighted by molar-refractivity contribution is 5.52. The minimum Gasteiger partial charge on any atom is -0.363 e. The molecule has 1 atom stereocenters. The van der Waals surface area contributed by atoms with Gasteiger partial charge in [0, 0.05) is 30.2 Å². The first-order chi connectivity index (χ1) is 11.7. The van der Waals surface area contributed by atoms with Gasteiger partial charge in [0.15, 0.2) is 5.65 Å². The second kappa shape index (κ2) is 5.81. The Balaban J connectivity index is 1.72. The van der Waals surface area contributed by atoms with Gasteiger partial charge in [-0.15, -0.1) is 0 Å². The molecule has 120 valence electrons. The summed E-state index contributed by atoms with van der Waals surface area (Å²) in [5, 5.41) is 12.3. The van der Waals surface area contributed by atoms with Crippen LogP contribution in [0, 0.1) is 6.92 Å². The number of aromatic nitrogens is 5. The van der Waals surface area contributed by atoms with Crippen molar-refractivity contribution in [3.63, 3.8) is 0 Å². The molecule has 0 amide bonds. The van der Waals surface area contributed by atoms with Gasteiger partial charge in [-0.05, 0) is 31.5 Å². The zero-order valence-electron chi connectivity index (χ0n) is 13.6. The van der Waals surface area contributed by atoms with Crippen LogP contribution in [-0.4, -0.2) is 24.4 Å². The lowest BCUT2D eigenvalue weighted by Gasteiger charge is -2.19. The van der Waals surface area contributed by atoms with Crippen LogP contribution in [0.25, 0.3) is 11.3 Å². The summed E-state index contributed by atoms with van der Waals surface area (Å²) >= 11 is 0. The molecule has 3 heterocycles. The van der Waals surface area contributed by atoms with Crippen molar-refractivity contribution >= 4 is 11.5 Å². The molecule has 6 nitrogen and oxygen atoms in total. The van der Waals surface area contributed by atoms with Gasteiger partial charge in [-0.1, -0.05) is 18.2 Å². The zero-order valence-corrected chi connectivity index (χ0v) is 13.6. The van der Waals surface area contributed by atoms with Gasteiger partial charge in [-0.2, -0.15) is 14.7 Å². The van der Waals surface area contributed by atoms with Crippen molar-refractivity contribution in [1.82, 2.24) is 24.4 Å². The fraction of sp³-hybridized carbons (Fsp3) is 0.167. The van der Waals surface area contributed by atoms with E-state index in [1.54, 1.807) is 12.4 Å². The minimum atomic E-state index is 0.0830. The summed E-state index contributed by atoms with van der Waals surface area (Å²) < 4.78 is 3.70. The van der Waals surface area contributed by atoms with Crippen molar-refractivity contribution in [2.24, 2.45) is 0 Å². The Morgan fingerprint density at radius 1 is 1.04 bits per heavy atom. The zero-order chi connectivity index (χ0) is 16.5. The molecule has 0 bridgehead atoms. The van der Waals surface area contributed by atoms with Crippen molar-refractivity contribution in [3.05, 3.63) is 72.3 Å². The molecule has 4 aromatic rings. The second-order valence-corrected chi connectivity index (χ2v) is 5.76. The number of para-hydroxylation sites is 1. The van der Waals surface area contributed by atoms with E-state index in [0.717, 1.165) is 28.4 Å². The van der Waals surface area contributed by atoms with Crippen molar-refractivity contribution in [1.29, 1.82) is 0 Å². The molecule has 0 radical (unpaired) electrons. The number of anilines is 1. The number of fused-ring (bicyclic) bond motifs is 1. The minimum absolute atomic E-state index is 0.0830. The van der Waals surface area contributed by atoms with E-state index in [1.165, 1.54) is 0 Å². The van der Waals surface area contributed by atoms with Gasteiger partial charge >= 0.3 is 0 Å². The normalized spacial score (nSPS) is 12.4. The van der Waals surface area contributed by atoms with E-state index < -0.39 is 0 Å².